The van der Waals surface area contributed by atoms with E-state index in [2.05, 4.69) is 5.32 Å². The Bertz CT molecular complexity index is 485. The molecular formula is C18H27NO4. The predicted octanol–water partition coefficient (Wildman–Crippen LogP) is 2.40. The van der Waals surface area contributed by atoms with Gasteiger partial charge in [-0.05, 0) is 31.1 Å². The van der Waals surface area contributed by atoms with Gasteiger partial charge < -0.3 is 10.1 Å². The first-order chi connectivity index (χ1) is 11.0. The van der Waals surface area contributed by atoms with E-state index < -0.39 is 6.04 Å². The van der Waals surface area contributed by atoms with Crippen LogP contribution >= 0.6 is 0 Å². The highest BCUT2D eigenvalue weighted by molar-refractivity contribution is 5.87. The summed E-state index contributed by atoms with van der Waals surface area (Å²) in [4.78, 5) is 36.6. The van der Waals surface area contributed by atoms with Crippen molar-refractivity contribution in [3.05, 3.63) is 12.2 Å². The Kier molecular flexibility index (Phi) is 6.37. The van der Waals surface area contributed by atoms with E-state index in [9.17, 15) is 14.4 Å². The Morgan fingerprint density at radius 2 is 2.09 bits per heavy atom. The first-order valence-electron chi connectivity index (χ1n) is 8.66. The zero-order valence-corrected chi connectivity index (χ0v) is 14.0. The predicted molar refractivity (Wildman–Crippen MR) is 86.6 cm³/mol. The number of amides is 1. The van der Waals surface area contributed by atoms with Crippen molar-refractivity contribution >= 4 is 17.7 Å². The van der Waals surface area contributed by atoms with Crippen LogP contribution in [0, 0.1) is 17.8 Å². The summed E-state index contributed by atoms with van der Waals surface area (Å²) >= 11 is 0. The van der Waals surface area contributed by atoms with Gasteiger partial charge in [0.25, 0.3) is 0 Å². The average molecular weight is 321 g/mol. The quantitative estimate of drug-likeness (QED) is 0.626. The van der Waals surface area contributed by atoms with Crippen LogP contribution in [0.15, 0.2) is 12.2 Å². The number of fused-ring (bicyclic) bond motifs is 1. The summed E-state index contributed by atoms with van der Waals surface area (Å²) in [6, 6.07) is -0.604. The number of rotatable bonds is 2. The topological polar surface area (TPSA) is 72.5 Å². The third-order valence-electron chi connectivity index (χ3n) is 5.06. The highest BCUT2D eigenvalue weighted by Gasteiger charge is 2.36. The van der Waals surface area contributed by atoms with Crippen LogP contribution in [0.1, 0.15) is 52.4 Å². The van der Waals surface area contributed by atoms with Gasteiger partial charge in [0.1, 0.15) is 11.8 Å². The molecular weight excluding hydrogens is 294 g/mol. The number of hydrogen-bond donors (Lipinski definition) is 1. The molecule has 5 heteroatoms. The SMILES string of the molecule is CC[C@H](C)C1NC(=O)C[C@H]2CCC(=O)[C@@H]2C/C=C\CCOC1=O. The van der Waals surface area contributed by atoms with E-state index >= 15 is 0 Å². The van der Waals surface area contributed by atoms with Crippen molar-refractivity contribution in [3.63, 3.8) is 0 Å². The molecule has 0 bridgehead atoms. The van der Waals surface area contributed by atoms with Crippen LogP contribution in [0.3, 0.4) is 0 Å². The van der Waals surface area contributed by atoms with Crippen LogP contribution in [0.25, 0.3) is 0 Å². The highest BCUT2D eigenvalue weighted by Crippen LogP contribution is 2.34. The van der Waals surface area contributed by atoms with Crippen molar-refractivity contribution < 1.29 is 19.1 Å². The van der Waals surface area contributed by atoms with Gasteiger partial charge in [-0.2, -0.15) is 0 Å². The van der Waals surface area contributed by atoms with Crippen molar-refractivity contribution in [1.29, 1.82) is 0 Å². The van der Waals surface area contributed by atoms with E-state index in [1.54, 1.807) is 0 Å². The fourth-order valence-corrected chi connectivity index (χ4v) is 3.36. The number of Topliss-reactive ketones (excluding diaryl/α,β-unsaturated/α-hetero) is 1. The smallest absolute Gasteiger partial charge is 0.328 e. The Balaban J connectivity index is 2.13. The lowest BCUT2D eigenvalue weighted by Crippen LogP contribution is -2.46. The average Bonchev–Trinajstić information content (AvgIpc) is 2.87. The number of hydrogen-bond acceptors (Lipinski definition) is 4. The Labute approximate surface area is 137 Å². The minimum atomic E-state index is -0.604. The number of nitrogens with one attached hydrogen (secondary N) is 1. The maximum atomic E-state index is 12.4. The monoisotopic (exact) mass is 321 g/mol. The van der Waals surface area contributed by atoms with Crippen molar-refractivity contribution in [2.24, 2.45) is 17.8 Å². The molecule has 1 aliphatic carbocycles. The summed E-state index contributed by atoms with van der Waals surface area (Å²) < 4.78 is 5.28. The Morgan fingerprint density at radius 1 is 1.30 bits per heavy atom. The molecule has 1 saturated carbocycles. The molecule has 2 rings (SSSR count). The fraction of sp³-hybridized carbons (Fsp3) is 0.722. The highest BCUT2D eigenvalue weighted by atomic mass is 16.5. The fourth-order valence-electron chi connectivity index (χ4n) is 3.36. The lowest BCUT2D eigenvalue weighted by Gasteiger charge is -2.24. The number of ether oxygens (including phenoxy) is 1. The van der Waals surface area contributed by atoms with Crippen LogP contribution in [0.5, 0.6) is 0 Å². The molecule has 2 aliphatic rings. The van der Waals surface area contributed by atoms with Gasteiger partial charge in [-0.15, -0.1) is 0 Å². The van der Waals surface area contributed by atoms with Crippen LogP contribution in [0.2, 0.25) is 0 Å². The molecule has 0 aromatic rings. The molecule has 1 unspecified atom stereocenters. The molecule has 23 heavy (non-hydrogen) atoms. The lowest BCUT2D eigenvalue weighted by molar-refractivity contribution is -0.149. The molecule has 5 nitrogen and oxygen atoms in total. The minimum Gasteiger partial charge on any atom is -0.464 e. The zero-order valence-electron chi connectivity index (χ0n) is 14.0. The second-order valence-electron chi connectivity index (χ2n) is 6.67. The third kappa shape index (κ3) is 4.66. The normalized spacial score (nSPS) is 32.6. The second-order valence-corrected chi connectivity index (χ2v) is 6.67. The molecule has 0 aromatic heterocycles. The number of esters is 1. The summed E-state index contributed by atoms with van der Waals surface area (Å²) in [5.41, 5.74) is 0. The Hall–Kier alpha value is -1.65. The van der Waals surface area contributed by atoms with Crippen LogP contribution in [-0.4, -0.2) is 30.3 Å². The molecule has 1 amide bonds. The third-order valence-corrected chi connectivity index (χ3v) is 5.06. The molecule has 0 radical (unpaired) electrons. The molecule has 0 saturated heterocycles. The van der Waals surface area contributed by atoms with E-state index in [4.69, 9.17) is 4.74 Å². The molecule has 1 heterocycles. The molecule has 0 spiro atoms. The van der Waals surface area contributed by atoms with Crippen LogP contribution in [-0.2, 0) is 19.1 Å². The van der Waals surface area contributed by atoms with E-state index in [-0.39, 0.29) is 35.4 Å². The summed E-state index contributed by atoms with van der Waals surface area (Å²) in [5, 5.41) is 2.84. The van der Waals surface area contributed by atoms with Gasteiger partial charge in [-0.3, -0.25) is 9.59 Å². The molecule has 1 aliphatic heterocycles. The minimum absolute atomic E-state index is 0.0214. The second kappa shape index (κ2) is 8.27. The van der Waals surface area contributed by atoms with Crippen molar-refractivity contribution in [2.45, 2.75) is 58.4 Å². The molecule has 4 atom stereocenters. The lowest BCUT2D eigenvalue weighted by atomic mass is 9.89. The summed E-state index contributed by atoms with van der Waals surface area (Å²) in [7, 11) is 0. The summed E-state index contributed by atoms with van der Waals surface area (Å²) in [6.07, 6.45) is 7.68. The maximum Gasteiger partial charge on any atom is 0.328 e. The van der Waals surface area contributed by atoms with E-state index in [1.165, 1.54) is 0 Å². The van der Waals surface area contributed by atoms with Gasteiger partial charge in [0.15, 0.2) is 0 Å². The first-order valence-corrected chi connectivity index (χ1v) is 8.66. The molecule has 1 fully saturated rings. The standard InChI is InChI=1S/C18H27NO4/c1-3-12(2)17-18(22)23-10-6-4-5-7-14-13(8-9-15(14)20)11-16(21)19-17/h4-5,12-14,17H,3,6-11H2,1-2H3,(H,19,21)/b5-4-/t12-,13+,14+,17?/m0/s1. The number of carbonyl (C=O) groups is 3. The van der Waals surface area contributed by atoms with Crippen molar-refractivity contribution in [1.82, 2.24) is 5.32 Å². The largest absolute Gasteiger partial charge is 0.464 e. The number of cyclic esters (lactones) is 1. The Morgan fingerprint density at radius 3 is 2.83 bits per heavy atom. The molecule has 0 aromatic carbocycles. The number of ketones is 1. The first kappa shape index (κ1) is 17.7. The summed E-state index contributed by atoms with van der Waals surface area (Å²) in [5.74, 6) is -0.209. The van der Waals surface area contributed by atoms with Crippen LogP contribution in [0.4, 0.5) is 0 Å². The number of carbonyl (C=O) groups excluding carboxylic acids is 3. The van der Waals surface area contributed by atoms with Gasteiger partial charge in [-0.25, -0.2) is 4.79 Å². The molecule has 1 N–H and O–H groups in total. The maximum absolute atomic E-state index is 12.4. The van der Waals surface area contributed by atoms with E-state index in [0.29, 0.717) is 32.3 Å². The molecule has 128 valence electrons. The van der Waals surface area contributed by atoms with Gasteiger partial charge in [0, 0.05) is 18.8 Å². The number of allylic oxidation sites excluding steroid dienone is 1. The van der Waals surface area contributed by atoms with Gasteiger partial charge in [0.05, 0.1) is 6.61 Å². The zero-order chi connectivity index (χ0) is 16.8. The van der Waals surface area contributed by atoms with Gasteiger partial charge >= 0.3 is 5.97 Å². The van der Waals surface area contributed by atoms with Gasteiger partial charge in [-0.1, -0.05) is 32.4 Å². The van der Waals surface area contributed by atoms with E-state index in [1.807, 2.05) is 26.0 Å². The van der Waals surface area contributed by atoms with E-state index in [0.717, 1.165) is 12.8 Å². The van der Waals surface area contributed by atoms with Crippen molar-refractivity contribution in [2.75, 3.05) is 6.61 Å². The summed E-state index contributed by atoms with van der Waals surface area (Å²) in [6.45, 7) is 4.23. The van der Waals surface area contributed by atoms with Crippen LogP contribution < -0.4 is 5.32 Å². The van der Waals surface area contributed by atoms with Gasteiger partial charge in [0.2, 0.25) is 5.91 Å². The van der Waals surface area contributed by atoms with Crippen molar-refractivity contribution in [3.8, 4) is 0 Å².